The van der Waals surface area contributed by atoms with E-state index in [9.17, 15) is 0 Å². The first-order valence-corrected chi connectivity index (χ1v) is 13.0. The summed E-state index contributed by atoms with van der Waals surface area (Å²) in [4.78, 5) is 0. The Morgan fingerprint density at radius 2 is 1.33 bits per heavy atom. The van der Waals surface area contributed by atoms with Crippen molar-refractivity contribution in [2.45, 2.75) is 0 Å². The fraction of sp³-hybridized carbons (Fsp3) is 0. The van der Waals surface area contributed by atoms with Gasteiger partial charge in [-0.3, -0.25) is 10.2 Å². The maximum Gasteiger partial charge on any atom is 2.00 e. The standard InChI is InChI=1S/C15H9ClN4.C15H10ClN4.ClH.Zn/c16-13-8-4-3-7-12(13)15-19-18-14-11-6-2-1-5-10(11)9-17-20(14)15;16-14-8-4-2-6-12(14)10-18-20-15-13-7-3-1-5-11(13)9-17-19-15;;/h1-9H;1-10H;1H;/q;-1;;+2/p-1/b;18-10-;;. The molecular weight excluding hydrogens is 644 g/mol. The number of rotatable bonds is 4. The zero-order chi connectivity index (χ0) is 27.3. The molecule has 42 heavy (non-hydrogen) atoms. The van der Waals surface area contributed by atoms with Gasteiger partial charge in [0, 0.05) is 39.3 Å². The summed E-state index contributed by atoms with van der Waals surface area (Å²) in [6.45, 7) is 0. The van der Waals surface area contributed by atoms with Gasteiger partial charge in [0.2, 0.25) is 0 Å². The van der Waals surface area contributed by atoms with Gasteiger partial charge in [0.1, 0.15) is 0 Å². The average Bonchev–Trinajstić information content (AvgIpc) is 3.43. The molecule has 3 aromatic heterocycles. The first-order chi connectivity index (χ1) is 19.7. The summed E-state index contributed by atoms with van der Waals surface area (Å²) in [6, 6.07) is 30.7. The van der Waals surface area contributed by atoms with Crippen molar-refractivity contribution in [2.24, 2.45) is 5.10 Å². The van der Waals surface area contributed by atoms with E-state index >= 15 is 0 Å². The van der Waals surface area contributed by atoms with Crippen LogP contribution in [0.5, 0.6) is 0 Å². The largest absolute Gasteiger partial charge is 2.00 e. The molecule has 0 unspecified atom stereocenters. The maximum absolute atomic E-state index is 6.23. The van der Waals surface area contributed by atoms with E-state index < -0.39 is 0 Å². The number of fused-ring (bicyclic) bond motifs is 4. The Bertz CT molecular complexity index is 1990. The van der Waals surface area contributed by atoms with Crippen LogP contribution in [0.25, 0.3) is 44.0 Å². The van der Waals surface area contributed by atoms with Crippen molar-refractivity contribution in [1.29, 1.82) is 0 Å². The fourth-order valence-corrected chi connectivity index (χ4v) is 4.52. The summed E-state index contributed by atoms with van der Waals surface area (Å²) in [6.07, 6.45) is 5.12. The molecule has 0 atom stereocenters. The third kappa shape index (κ3) is 6.56. The summed E-state index contributed by atoms with van der Waals surface area (Å²) < 4.78 is 1.73. The van der Waals surface area contributed by atoms with Crippen LogP contribution in [0.4, 0.5) is 5.82 Å². The van der Waals surface area contributed by atoms with E-state index in [0.29, 0.717) is 21.7 Å². The van der Waals surface area contributed by atoms with Gasteiger partial charge >= 0.3 is 19.5 Å². The van der Waals surface area contributed by atoms with Crippen molar-refractivity contribution in [3.05, 3.63) is 130 Å². The summed E-state index contributed by atoms with van der Waals surface area (Å²) in [5.74, 6) is 1.14. The van der Waals surface area contributed by atoms with E-state index in [-0.39, 0.29) is 31.9 Å². The molecule has 0 bridgehead atoms. The number of halogens is 3. The van der Waals surface area contributed by atoms with E-state index in [1.54, 1.807) is 23.0 Å². The Balaban J connectivity index is 0.000000184. The average molecular weight is 663 g/mol. The van der Waals surface area contributed by atoms with Crippen LogP contribution in [-0.2, 0) is 19.5 Å². The molecule has 0 saturated carbocycles. The fourth-order valence-electron chi connectivity index (χ4n) is 4.11. The molecule has 7 rings (SSSR count). The van der Waals surface area contributed by atoms with Gasteiger partial charge in [-0.25, -0.2) is 0 Å². The zero-order valence-electron chi connectivity index (χ0n) is 21.9. The summed E-state index contributed by atoms with van der Waals surface area (Å²) >= 11 is 12.3. The second-order valence-corrected chi connectivity index (χ2v) is 9.41. The summed E-state index contributed by atoms with van der Waals surface area (Å²) in [5.41, 5.74) is 6.48. The van der Waals surface area contributed by atoms with Crippen molar-refractivity contribution >= 4 is 62.4 Å². The van der Waals surface area contributed by atoms with E-state index in [0.717, 1.165) is 38.3 Å². The smallest absolute Gasteiger partial charge is 1.00 e. The first-order valence-electron chi connectivity index (χ1n) is 12.2. The Morgan fingerprint density at radius 1 is 0.690 bits per heavy atom. The second-order valence-electron chi connectivity index (χ2n) is 8.59. The topological polar surface area (TPSA) is 95.3 Å². The monoisotopic (exact) mass is 660 g/mol. The zero-order valence-corrected chi connectivity index (χ0v) is 27.1. The molecule has 0 saturated heterocycles. The Morgan fingerprint density at radius 3 is 2.10 bits per heavy atom. The van der Waals surface area contributed by atoms with Crippen molar-refractivity contribution in [1.82, 2.24) is 30.0 Å². The number of aromatic nitrogens is 6. The first kappa shape index (κ1) is 30.9. The van der Waals surface area contributed by atoms with Crippen LogP contribution in [0.1, 0.15) is 5.56 Å². The quantitative estimate of drug-likeness (QED) is 0.152. The van der Waals surface area contributed by atoms with Crippen LogP contribution in [0.2, 0.25) is 10.0 Å². The van der Waals surface area contributed by atoms with Crippen LogP contribution in [0.15, 0.2) is 115 Å². The SMILES string of the molecule is Clc1ccccc1-c1nnc2c3ccccc3cnn12.Clc1ccccc1/C=N\[N-]c1nncc2ccccc12.[Cl-].[Zn+2]. The molecule has 12 heteroatoms. The number of nitrogens with zero attached hydrogens (tertiary/aromatic N) is 8. The molecule has 4 aromatic carbocycles. The van der Waals surface area contributed by atoms with Gasteiger partial charge in [0.05, 0.1) is 11.2 Å². The van der Waals surface area contributed by atoms with Crippen LogP contribution in [0, 0.1) is 0 Å². The minimum absolute atomic E-state index is 0. The molecule has 0 aliphatic rings. The summed E-state index contributed by atoms with van der Waals surface area (Å²) in [5, 5.41) is 30.1. The third-order valence-electron chi connectivity index (χ3n) is 6.07. The van der Waals surface area contributed by atoms with E-state index in [4.69, 9.17) is 23.2 Å². The molecule has 0 radical (unpaired) electrons. The van der Waals surface area contributed by atoms with Gasteiger partial charge in [-0.1, -0.05) is 102 Å². The molecule has 0 spiro atoms. The van der Waals surface area contributed by atoms with Crippen LogP contribution < -0.4 is 12.4 Å². The maximum atomic E-state index is 6.23. The predicted octanol–water partition coefficient (Wildman–Crippen LogP) is 4.92. The van der Waals surface area contributed by atoms with E-state index in [2.05, 4.69) is 36.0 Å². The van der Waals surface area contributed by atoms with Gasteiger partial charge in [-0.05, 0) is 34.8 Å². The number of hydrogen-bond acceptors (Lipinski definition) is 6. The van der Waals surface area contributed by atoms with Gasteiger partial charge in [0.25, 0.3) is 0 Å². The Kier molecular flexibility index (Phi) is 10.5. The predicted molar refractivity (Wildman–Crippen MR) is 160 cm³/mol. The molecular formula is C30H19Cl3N8Zn. The molecule has 0 aliphatic heterocycles. The molecule has 0 N–H and O–H groups in total. The second kappa shape index (κ2) is 14.2. The number of hydrogen-bond donors (Lipinski definition) is 0. The van der Waals surface area contributed by atoms with Crippen molar-refractivity contribution < 1.29 is 31.9 Å². The van der Waals surface area contributed by atoms with Crippen molar-refractivity contribution in [3.8, 4) is 11.4 Å². The van der Waals surface area contributed by atoms with Crippen LogP contribution in [-0.4, -0.2) is 36.2 Å². The minimum atomic E-state index is 0. The molecule has 0 aliphatic carbocycles. The molecule has 7 aromatic rings. The molecule has 0 amide bonds. The minimum Gasteiger partial charge on any atom is -1.00 e. The van der Waals surface area contributed by atoms with Gasteiger partial charge in [-0.2, -0.15) is 9.61 Å². The van der Waals surface area contributed by atoms with Crippen LogP contribution >= 0.6 is 23.2 Å². The normalized spacial score (nSPS) is 10.6. The van der Waals surface area contributed by atoms with Gasteiger partial charge in [0.15, 0.2) is 11.5 Å². The van der Waals surface area contributed by atoms with Crippen LogP contribution in [0.3, 0.4) is 0 Å². The summed E-state index contributed by atoms with van der Waals surface area (Å²) in [7, 11) is 0. The van der Waals surface area contributed by atoms with E-state index in [1.807, 2.05) is 97.2 Å². The third-order valence-corrected chi connectivity index (χ3v) is 6.75. The van der Waals surface area contributed by atoms with Crippen molar-refractivity contribution in [2.75, 3.05) is 0 Å². The van der Waals surface area contributed by atoms with Gasteiger partial charge < -0.3 is 22.9 Å². The number of benzene rings is 4. The molecule has 0 fully saturated rings. The Labute approximate surface area is 270 Å². The molecule has 8 nitrogen and oxygen atoms in total. The van der Waals surface area contributed by atoms with Gasteiger partial charge in [-0.15, -0.1) is 10.2 Å². The van der Waals surface area contributed by atoms with Crippen molar-refractivity contribution in [3.63, 3.8) is 0 Å². The Hall–Kier alpha value is -4.01. The van der Waals surface area contributed by atoms with E-state index in [1.165, 1.54) is 0 Å². The molecule has 3 heterocycles. The molecule has 202 valence electrons.